The second-order valence-electron chi connectivity index (χ2n) is 5.97. The van der Waals surface area contributed by atoms with Crippen molar-refractivity contribution in [1.29, 1.82) is 0 Å². The van der Waals surface area contributed by atoms with Crippen LogP contribution in [0.4, 0.5) is 5.69 Å². The number of nitrogens with one attached hydrogen (secondary N) is 1. The van der Waals surface area contributed by atoms with E-state index in [-0.39, 0.29) is 5.25 Å². The number of aryl methyl sites for hydroxylation is 1. The maximum Gasteiger partial charge on any atom is 0.334 e. The zero-order valence-electron chi connectivity index (χ0n) is 14.4. The number of furan rings is 2. The van der Waals surface area contributed by atoms with Crippen LogP contribution in [-0.2, 0) is 17.6 Å². The molecule has 5 nitrogen and oxygen atoms in total. The van der Waals surface area contributed by atoms with Gasteiger partial charge in [-0.3, -0.25) is 0 Å². The molecule has 0 saturated heterocycles. The number of aliphatic carboxylic acids is 1. The highest BCUT2D eigenvalue weighted by molar-refractivity contribution is 7.80. The second-order valence-corrected chi connectivity index (χ2v) is 6.59. The molecule has 2 N–H and O–H groups in total. The van der Waals surface area contributed by atoms with Crippen LogP contribution < -0.4 is 5.32 Å². The Kier molecular flexibility index (Phi) is 5.73. The summed E-state index contributed by atoms with van der Waals surface area (Å²) in [5.74, 6) is 0.750. The van der Waals surface area contributed by atoms with Crippen LogP contribution in [0.2, 0.25) is 0 Å². The van der Waals surface area contributed by atoms with E-state index < -0.39 is 12.0 Å². The van der Waals surface area contributed by atoms with Gasteiger partial charge in [0.15, 0.2) is 6.04 Å². The van der Waals surface area contributed by atoms with Gasteiger partial charge in [-0.1, -0.05) is 25.1 Å². The number of thiol groups is 1. The number of hydrogen-bond donors (Lipinski definition) is 3. The first-order chi connectivity index (χ1) is 12.6. The molecule has 0 aliphatic rings. The number of carboxylic acid groups (broad SMARTS) is 1. The van der Waals surface area contributed by atoms with Gasteiger partial charge >= 0.3 is 5.97 Å². The Labute approximate surface area is 157 Å². The molecule has 0 saturated carbocycles. The summed E-state index contributed by atoms with van der Waals surface area (Å²) in [6.45, 7) is 2.03. The maximum atomic E-state index is 11.8. The van der Waals surface area contributed by atoms with Gasteiger partial charge in [0, 0.05) is 12.1 Å². The molecular weight excluding hydrogens is 350 g/mol. The van der Waals surface area contributed by atoms with Gasteiger partial charge in [-0.05, 0) is 42.3 Å². The van der Waals surface area contributed by atoms with E-state index in [9.17, 15) is 9.90 Å². The van der Waals surface area contributed by atoms with Crippen LogP contribution in [0, 0.1) is 0 Å². The minimum Gasteiger partial charge on any atom is -0.479 e. The molecule has 3 aromatic rings. The monoisotopic (exact) mass is 371 g/mol. The molecule has 136 valence electrons. The molecule has 2 unspecified atom stereocenters. The van der Waals surface area contributed by atoms with E-state index in [4.69, 9.17) is 8.83 Å². The number of carbonyl (C=O) groups is 1. The first kappa shape index (κ1) is 18.2. The van der Waals surface area contributed by atoms with E-state index >= 15 is 0 Å². The molecule has 2 aromatic heterocycles. The van der Waals surface area contributed by atoms with Gasteiger partial charge in [0.1, 0.15) is 17.3 Å². The summed E-state index contributed by atoms with van der Waals surface area (Å²) < 4.78 is 11.1. The lowest BCUT2D eigenvalue weighted by molar-refractivity contribution is -0.138. The Morgan fingerprint density at radius 2 is 1.92 bits per heavy atom. The molecule has 3 rings (SSSR count). The predicted octanol–water partition coefficient (Wildman–Crippen LogP) is 4.89. The summed E-state index contributed by atoms with van der Waals surface area (Å²) in [7, 11) is 0. The van der Waals surface area contributed by atoms with Crippen molar-refractivity contribution in [3.8, 4) is 0 Å². The van der Waals surface area contributed by atoms with Crippen LogP contribution in [0.1, 0.15) is 41.1 Å². The minimum absolute atomic E-state index is 0.215. The van der Waals surface area contributed by atoms with E-state index in [1.54, 1.807) is 18.4 Å². The molecule has 2 atom stereocenters. The second kappa shape index (κ2) is 8.19. The number of benzene rings is 1. The topological polar surface area (TPSA) is 75.6 Å². The average Bonchev–Trinajstić information content (AvgIpc) is 3.31. The smallest absolute Gasteiger partial charge is 0.334 e. The largest absolute Gasteiger partial charge is 0.479 e. The Morgan fingerprint density at radius 1 is 1.15 bits per heavy atom. The zero-order chi connectivity index (χ0) is 18.5. The minimum atomic E-state index is -1.00. The van der Waals surface area contributed by atoms with Crippen molar-refractivity contribution in [3.63, 3.8) is 0 Å². The summed E-state index contributed by atoms with van der Waals surface area (Å²) in [4.78, 5) is 11.8. The maximum absolute atomic E-state index is 11.8. The van der Waals surface area contributed by atoms with Crippen molar-refractivity contribution in [2.75, 3.05) is 5.32 Å². The molecule has 6 heteroatoms. The molecule has 2 heterocycles. The van der Waals surface area contributed by atoms with Gasteiger partial charge < -0.3 is 19.3 Å². The number of hydrogen-bond acceptors (Lipinski definition) is 5. The van der Waals surface area contributed by atoms with Gasteiger partial charge in [0.05, 0.1) is 11.5 Å². The van der Waals surface area contributed by atoms with Crippen LogP contribution in [0.15, 0.2) is 63.6 Å². The molecule has 0 bridgehead atoms. The summed E-state index contributed by atoms with van der Waals surface area (Å²) >= 11 is 4.55. The van der Waals surface area contributed by atoms with Gasteiger partial charge in [-0.15, -0.1) is 0 Å². The quantitative estimate of drug-likeness (QED) is 0.492. The Morgan fingerprint density at radius 3 is 2.62 bits per heavy atom. The number of anilines is 1. The lowest BCUT2D eigenvalue weighted by atomic mass is 10.1. The van der Waals surface area contributed by atoms with Crippen molar-refractivity contribution in [2.45, 2.75) is 31.1 Å². The summed E-state index contributed by atoms with van der Waals surface area (Å²) in [5, 5.41) is 12.5. The normalized spacial score (nSPS) is 13.3. The fraction of sp³-hybridized carbons (Fsp3) is 0.250. The van der Waals surface area contributed by atoms with Gasteiger partial charge in [0.2, 0.25) is 0 Å². The third-order valence-corrected chi connectivity index (χ3v) is 4.62. The Balaban J connectivity index is 1.78. The van der Waals surface area contributed by atoms with E-state index in [1.165, 1.54) is 0 Å². The summed E-state index contributed by atoms with van der Waals surface area (Å²) in [5.41, 5.74) is 1.84. The van der Waals surface area contributed by atoms with Crippen molar-refractivity contribution >= 4 is 24.3 Å². The highest BCUT2D eigenvalue weighted by Gasteiger charge is 2.25. The van der Waals surface area contributed by atoms with Crippen molar-refractivity contribution in [1.82, 2.24) is 0 Å². The molecule has 0 aliphatic carbocycles. The lowest BCUT2D eigenvalue weighted by Crippen LogP contribution is -2.20. The first-order valence-corrected chi connectivity index (χ1v) is 8.97. The number of para-hydroxylation sites is 1. The van der Waals surface area contributed by atoms with Crippen molar-refractivity contribution in [3.05, 3.63) is 77.6 Å². The van der Waals surface area contributed by atoms with E-state index in [2.05, 4.69) is 17.9 Å². The van der Waals surface area contributed by atoms with E-state index in [1.807, 2.05) is 43.3 Å². The molecule has 1 aromatic carbocycles. The van der Waals surface area contributed by atoms with E-state index in [0.717, 1.165) is 23.4 Å². The fourth-order valence-electron chi connectivity index (χ4n) is 2.80. The SMILES string of the molecule is CCc1ccccc1NC(C(=O)O)c1ccc(C(S)Cc2ccco2)o1. The van der Waals surface area contributed by atoms with E-state index in [0.29, 0.717) is 17.9 Å². The molecule has 26 heavy (non-hydrogen) atoms. The standard InChI is InChI=1S/C20H21NO4S/c1-2-13-6-3-4-8-15(13)21-19(20(22)23)17-10-9-16(25-17)18(26)12-14-7-5-11-24-14/h3-11,18-19,21,26H,2,12H2,1H3,(H,22,23). The predicted molar refractivity (Wildman–Crippen MR) is 103 cm³/mol. The van der Waals surface area contributed by atoms with Crippen LogP contribution in [-0.4, -0.2) is 11.1 Å². The molecular formula is C20H21NO4S. The number of rotatable bonds is 8. The van der Waals surface area contributed by atoms with Crippen LogP contribution in [0.5, 0.6) is 0 Å². The highest BCUT2D eigenvalue weighted by atomic mass is 32.1. The summed E-state index contributed by atoms with van der Waals surface area (Å²) in [6.07, 6.45) is 2.98. The average molecular weight is 371 g/mol. The van der Waals surface area contributed by atoms with Crippen LogP contribution in [0.25, 0.3) is 0 Å². The molecule has 0 fully saturated rings. The third kappa shape index (κ3) is 4.14. The van der Waals surface area contributed by atoms with Crippen LogP contribution in [0.3, 0.4) is 0 Å². The molecule has 0 aliphatic heterocycles. The van der Waals surface area contributed by atoms with Gasteiger partial charge in [0.25, 0.3) is 0 Å². The molecule has 0 radical (unpaired) electrons. The first-order valence-electron chi connectivity index (χ1n) is 8.45. The lowest BCUT2D eigenvalue weighted by Gasteiger charge is -2.16. The fourth-order valence-corrected chi connectivity index (χ4v) is 3.12. The van der Waals surface area contributed by atoms with Crippen molar-refractivity contribution < 1.29 is 18.7 Å². The summed E-state index contributed by atoms with van der Waals surface area (Å²) in [6, 6.07) is 13.8. The van der Waals surface area contributed by atoms with Crippen LogP contribution >= 0.6 is 12.6 Å². The Hall–Kier alpha value is -2.60. The van der Waals surface area contributed by atoms with Gasteiger partial charge in [-0.25, -0.2) is 4.79 Å². The highest BCUT2D eigenvalue weighted by Crippen LogP contribution is 2.30. The number of carboxylic acids is 1. The Bertz CT molecular complexity index is 856. The van der Waals surface area contributed by atoms with Crippen molar-refractivity contribution in [2.24, 2.45) is 0 Å². The molecule has 0 amide bonds. The zero-order valence-corrected chi connectivity index (χ0v) is 15.3. The molecule has 0 spiro atoms. The third-order valence-electron chi connectivity index (χ3n) is 4.18. The van der Waals surface area contributed by atoms with Gasteiger partial charge in [-0.2, -0.15) is 12.6 Å².